The first-order valence-electron chi connectivity index (χ1n) is 6.00. The fourth-order valence-corrected chi connectivity index (χ4v) is 1.33. The first-order valence-corrected chi connectivity index (χ1v) is 6.00. The van der Waals surface area contributed by atoms with Crippen LogP contribution in [0.3, 0.4) is 0 Å². The van der Waals surface area contributed by atoms with Gasteiger partial charge in [0, 0.05) is 0 Å². The molecule has 0 atom stereocenters. The van der Waals surface area contributed by atoms with Crippen LogP contribution < -0.4 is 10.2 Å². The van der Waals surface area contributed by atoms with Crippen LogP contribution in [0.1, 0.15) is 5.56 Å². The third-order valence-corrected chi connectivity index (χ3v) is 2.50. The van der Waals surface area contributed by atoms with Gasteiger partial charge in [-0.15, -0.1) is 0 Å². The monoisotopic (exact) mass is 382 g/mol. The lowest BCUT2D eigenvalue weighted by Gasteiger charge is -2.26. The highest BCUT2D eigenvalue weighted by Crippen LogP contribution is 2.46. The quantitative estimate of drug-likeness (QED) is 0.465. The van der Waals surface area contributed by atoms with Crippen LogP contribution in [0.2, 0.25) is 0 Å². The number of hydrogen-bond donors (Lipinski definition) is 1. The topological polar surface area (TPSA) is 50.7 Å². The van der Waals surface area contributed by atoms with E-state index < -0.39 is 30.5 Å². The molecule has 1 aromatic rings. The first-order chi connectivity index (χ1) is 11.3. The van der Waals surface area contributed by atoms with Crippen LogP contribution in [-0.2, 0) is 4.79 Å². The zero-order valence-electron chi connectivity index (χ0n) is 11.6. The van der Waals surface area contributed by atoms with Crippen LogP contribution in [0.5, 0.6) is 5.75 Å². The van der Waals surface area contributed by atoms with Crippen molar-refractivity contribution in [3.05, 3.63) is 29.8 Å². The third-order valence-electron chi connectivity index (χ3n) is 2.50. The van der Waals surface area contributed by atoms with E-state index in [0.717, 1.165) is 29.7 Å². The van der Waals surface area contributed by atoms with E-state index in [1.54, 1.807) is 0 Å². The van der Waals surface area contributed by atoms with E-state index in [4.69, 9.17) is 0 Å². The van der Waals surface area contributed by atoms with Crippen molar-refractivity contribution in [1.29, 1.82) is 0 Å². The second-order valence-electron chi connectivity index (χ2n) is 4.30. The summed E-state index contributed by atoms with van der Waals surface area (Å²) in [6.45, 7) is -3.17. The van der Waals surface area contributed by atoms with Crippen molar-refractivity contribution in [3.63, 3.8) is 0 Å². The van der Waals surface area contributed by atoms with Crippen molar-refractivity contribution in [1.82, 2.24) is 5.43 Å². The Kier molecular flexibility index (Phi) is 5.92. The van der Waals surface area contributed by atoms with Crippen LogP contribution >= 0.6 is 0 Å². The zero-order valence-corrected chi connectivity index (χ0v) is 11.6. The number of benzene rings is 1. The summed E-state index contributed by atoms with van der Waals surface area (Å²) in [5.74, 6) is -16.1. The Morgan fingerprint density at radius 3 is 2.24 bits per heavy atom. The van der Waals surface area contributed by atoms with E-state index >= 15 is 0 Å². The van der Waals surface area contributed by atoms with Crippen LogP contribution in [0.15, 0.2) is 29.4 Å². The molecule has 0 heterocycles. The highest BCUT2D eigenvalue weighted by molar-refractivity contribution is 5.87. The lowest BCUT2D eigenvalue weighted by molar-refractivity contribution is -0.344. The average Bonchev–Trinajstić information content (AvgIpc) is 2.45. The van der Waals surface area contributed by atoms with E-state index in [-0.39, 0.29) is 11.3 Å². The summed E-state index contributed by atoms with van der Waals surface area (Å²) in [5, 5.41) is 2.78. The highest BCUT2D eigenvalue weighted by Gasteiger charge is 2.76. The van der Waals surface area contributed by atoms with Gasteiger partial charge in [0.25, 0.3) is 0 Å². The number of nitrogens with one attached hydrogen (secondary N) is 1. The van der Waals surface area contributed by atoms with Crippen LogP contribution in [-0.4, -0.2) is 36.8 Å². The number of amides is 1. The Balaban J connectivity index is 2.84. The van der Waals surface area contributed by atoms with Crippen molar-refractivity contribution < 1.29 is 49.0 Å². The Labute approximate surface area is 133 Å². The van der Waals surface area contributed by atoms with E-state index in [1.807, 2.05) is 0 Å². The maximum absolute atomic E-state index is 13.0. The molecule has 1 rings (SSSR count). The number of alkyl halides is 9. The second kappa shape index (κ2) is 7.19. The summed E-state index contributed by atoms with van der Waals surface area (Å²) >= 11 is 0. The predicted octanol–water partition coefficient (Wildman–Crippen LogP) is 3.57. The molecule has 4 nitrogen and oxygen atoms in total. The molecule has 0 aliphatic heterocycles. The molecule has 1 N–H and O–H groups in total. The van der Waals surface area contributed by atoms with Gasteiger partial charge in [-0.05, 0) is 17.7 Å². The maximum atomic E-state index is 13.0. The Bertz CT molecular complexity index is 644. The lowest BCUT2D eigenvalue weighted by Crippen LogP contribution is -2.58. The maximum Gasteiger partial charge on any atom is 0.460 e. The molecule has 0 fully saturated rings. The number of hydrazone groups is 1. The number of ether oxygens (including phenoxy) is 1. The summed E-state index contributed by atoms with van der Waals surface area (Å²) in [5.41, 5.74) is 0.714. The Hall–Kier alpha value is -2.47. The molecule has 1 aromatic carbocycles. The number of hydrogen-bond acceptors (Lipinski definition) is 3. The largest absolute Gasteiger partial charge is 0.460 e. The summed E-state index contributed by atoms with van der Waals surface area (Å²) in [4.78, 5) is 10.9. The summed E-state index contributed by atoms with van der Waals surface area (Å²) in [7, 11) is 0. The number of carbonyl (C=O) groups is 1. The number of nitrogens with zero attached hydrogens (tertiary/aromatic N) is 1. The lowest BCUT2D eigenvalue weighted by atomic mass is 10.1. The SMILES string of the molecule is O=C(N/N=C/c1cccc(OC(F)F)c1)C(F)(F)C(F)(F)C(F)(F)F. The van der Waals surface area contributed by atoms with Gasteiger partial charge in [-0.25, -0.2) is 5.43 Å². The van der Waals surface area contributed by atoms with E-state index in [9.17, 15) is 44.3 Å². The van der Waals surface area contributed by atoms with Crippen LogP contribution in [0, 0.1) is 0 Å². The van der Waals surface area contributed by atoms with Gasteiger partial charge in [0.1, 0.15) is 5.75 Å². The molecule has 0 saturated heterocycles. The molecule has 140 valence electrons. The number of halogens is 9. The van der Waals surface area contributed by atoms with Crippen molar-refractivity contribution >= 4 is 12.1 Å². The molecule has 0 radical (unpaired) electrons. The Morgan fingerprint density at radius 1 is 1.12 bits per heavy atom. The minimum Gasteiger partial charge on any atom is -0.435 e. The summed E-state index contributed by atoms with van der Waals surface area (Å²) in [6.07, 6.45) is -6.13. The van der Waals surface area contributed by atoms with Gasteiger partial charge in [-0.3, -0.25) is 4.79 Å². The fraction of sp³-hybridized carbons (Fsp3) is 0.333. The molecule has 0 aromatic heterocycles. The van der Waals surface area contributed by atoms with E-state index in [1.165, 1.54) is 0 Å². The highest BCUT2D eigenvalue weighted by atomic mass is 19.4. The molecule has 1 amide bonds. The van der Waals surface area contributed by atoms with Gasteiger partial charge >= 0.3 is 30.5 Å². The summed E-state index contributed by atoms with van der Waals surface area (Å²) < 4.78 is 115. The molecular weight excluding hydrogens is 375 g/mol. The molecule has 13 heteroatoms. The molecule has 0 bridgehead atoms. The molecule has 0 spiro atoms. The zero-order chi connectivity index (χ0) is 19.5. The fourth-order valence-electron chi connectivity index (χ4n) is 1.33. The van der Waals surface area contributed by atoms with Crippen molar-refractivity contribution in [3.8, 4) is 5.75 Å². The van der Waals surface area contributed by atoms with Crippen LogP contribution in [0.4, 0.5) is 39.5 Å². The van der Waals surface area contributed by atoms with Crippen molar-refractivity contribution in [2.75, 3.05) is 0 Å². The van der Waals surface area contributed by atoms with E-state index in [2.05, 4.69) is 9.84 Å². The third kappa shape index (κ3) is 4.76. The molecule has 0 saturated carbocycles. The predicted molar refractivity (Wildman–Crippen MR) is 64.8 cm³/mol. The van der Waals surface area contributed by atoms with Gasteiger partial charge in [0.15, 0.2) is 0 Å². The van der Waals surface area contributed by atoms with Gasteiger partial charge < -0.3 is 4.74 Å². The van der Waals surface area contributed by atoms with Gasteiger partial charge in [-0.2, -0.15) is 44.6 Å². The number of rotatable bonds is 6. The smallest absolute Gasteiger partial charge is 0.435 e. The number of carbonyl (C=O) groups excluding carboxylic acids is 1. The van der Waals surface area contributed by atoms with Crippen LogP contribution in [0.25, 0.3) is 0 Å². The first kappa shape index (κ1) is 20.6. The van der Waals surface area contributed by atoms with Gasteiger partial charge in [-0.1, -0.05) is 12.1 Å². The molecule has 25 heavy (non-hydrogen) atoms. The van der Waals surface area contributed by atoms with Crippen molar-refractivity contribution in [2.24, 2.45) is 5.10 Å². The normalized spacial score (nSPS) is 13.4. The average molecular weight is 382 g/mol. The van der Waals surface area contributed by atoms with Gasteiger partial charge in [0.05, 0.1) is 6.21 Å². The molecule has 0 unspecified atom stereocenters. The van der Waals surface area contributed by atoms with E-state index in [0.29, 0.717) is 6.21 Å². The standard InChI is InChI=1S/C12H7F9N2O2/c13-9(14)25-7-3-1-2-6(4-7)5-22-23-8(24)10(15,16)11(17,18)12(19,20)21/h1-5,9H,(H,23,24)/b22-5+. The minimum absolute atomic E-state index is 0.107. The molecular formula is C12H7F9N2O2. The Morgan fingerprint density at radius 2 is 1.72 bits per heavy atom. The summed E-state index contributed by atoms with van der Waals surface area (Å²) in [6, 6.07) is 4.31. The minimum atomic E-state index is -6.67. The molecule has 0 aliphatic rings. The van der Waals surface area contributed by atoms with Gasteiger partial charge in [0.2, 0.25) is 0 Å². The van der Waals surface area contributed by atoms with Crippen molar-refractivity contribution in [2.45, 2.75) is 24.6 Å². The molecule has 0 aliphatic carbocycles. The second-order valence-corrected chi connectivity index (χ2v) is 4.30.